The SMILES string of the molecule is CC1CCCC(NC(=O)C2C3C=CC(C3)C2C(=O)O)C1C. The number of hydrogen-bond acceptors (Lipinski definition) is 2. The minimum absolute atomic E-state index is 0.0369. The molecular weight excluding hydrogens is 266 g/mol. The van der Waals surface area contributed by atoms with Gasteiger partial charge in [0.15, 0.2) is 0 Å². The molecule has 0 aromatic carbocycles. The zero-order valence-electron chi connectivity index (χ0n) is 12.8. The number of nitrogens with one attached hydrogen (secondary N) is 1. The number of carboxylic acid groups (broad SMARTS) is 1. The van der Waals surface area contributed by atoms with E-state index in [1.54, 1.807) is 0 Å². The Balaban J connectivity index is 1.70. The first-order valence-electron chi connectivity index (χ1n) is 8.20. The van der Waals surface area contributed by atoms with Gasteiger partial charge in [-0.3, -0.25) is 9.59 Å². The Labute approximate surface area is 126 Å². The lowest BCUT2D eigenvalue weighted by Gasteiger charge is -2.36. The monoisotopic (exact) mass is 291 g/mol. The van der Waals surface area contributed by atoms with E-state index >= 15 is 0 Å². The van der Waals surface area contributed by atoms with E-state index in [0.29, 0.717) is 11.8 Å². The normalized spacial score (nSPS) is 44.8. The summed E-state index contributed by atoms with van der Waals surface area (Å²) in [6.45, 7) is 4.44. The topological polar surface area (TPSA) is 66.4 Å². The van der Waals surface area contributed by atoms with E-state index in [2.05, 4.69) is 19.2 Å². The molecule has 2 saturated carbocycles. The van der Waals surface area contributed by atoms with Crippen molar-refractivity contribution in [2.45, 2.75) is 45.6 Å². The molecule has 3 aliphatic carbocycles. The molecule has 0 aromatic rings. The van der Waals surface area contributed by atoms with Crippen molar-refractivity contribution in [1.82, 2.24) is 5.32 Å². The third-order valence-corrected chi connectivity index (χ3v) is 6.08. The predicted molar refractivity (Wildman–Crippen MR) is 79.5 cm³/mol. The van der Waals surface area contributed by atoms with Crippen molar-refractivity contribution in [3.05, 3.63) is 12.2 Å². The molecule has 7 unspecified atom stereocenters. The van der Waals surface area contributed by atoms with Crippen molar-refractivity contribution in [2.75, 3.05) is 0 Å². The summed E-state index contributed by atoms with van der Waals surface area (Å²) in [5.41, 5.74) is 0. The van der Waals surface area contributed by atoms with Crippen LogP contribution in [0.3, 0.4) is 0 Å². The Morgan fingerprint density at radius 2 is 1.76 bits per heavy atom. The molecule has 3 rings (SSSR count). The molecule has 4 heteroatoms. The molecule has 3 aliphatic rings. The maximum atomic E-state index is 12.7. The van der Waals surface area contributed by atoms with Crippen molar-refractivity contribution in [3.63, 3.8) is 0 Å². The van der Waals surface area contributed by atoms with Gasteiger partial charge < -0.3 is 10.4 Å². The lowest BCUT2D eigenvalue weighted by molar-refractivity contribution is -0.148. The lowest BCUT2D eigenvalue weighted by atomic mass is 9.77. The van der Waals surface area contributed by atoms with Crippen molar-refractivity contribution >= 4 is 11.9 Å². The molecule has 1 amide bonds. The molecule has 116 valence electrons. The first kappa shape index (κ1) is 14.6. The molecule has 0 aliphatic heterocycles. The van der Waals surface area contributed by atoms with Crippen LogP contribution in [0.2, 0.25) is 0 Å². The Hall–Kier alpha value is -1.32. The fraction of sp³-hybridized carbons (Fsp3) is 0.765. The second-order valence-electron chi connectivity index (χ2n) is 7.22. The highest BCUT2D eigenvalue weighted by Crippen LogP contribution is 2.48. The molecule has 2 N–H and O–H groups in total. The van der Waals surface area contributed by atoms with Gasteiger partial charge in [0.25, 0.3) is 0 Å². The number of aliphatic carboxylic acids is 1. The smallest absolute Gasteiger partial charge is 0.307 e. The molecule has 21 heavy (non-hydrogen) atoms. The highest BCUT2D eigenvalue weighted by atomic mass is 16.4. The van der Waals surface area contributed by atoms with Gasteiger partial charge in [0.05, 0.1) is 11.8 Å². The Morgan fingerprint density at radius 1 is 1.10 bits per heavy atom. The fourth-order valence-electron chi connectivity index (χ4n) is 4.58. The number of carbonyl (C=O) groups excluding carboxylic acids is 1. The van der Waals surface area contributed by atoms with Crippen molar-refractivity contribution in [2.24, 2.45) is 35.5 Å². The molecule has 2 fully saturated rings. The summed E-state index contributed by atoms with van der Waals surface area (Å²) in [5, 5.41) is 12.6. The molecule has 0 heterocycles. The highest BCUT2D eigenvalue weighted by Gasteiger charge is 2.52. The lowest BCUT2D eigenvalue weighted by Crippen LogP contribution is -2.48. The van der Waals surface area contributed by atoms with E-state index < -0.39 is 11.9 Å². The van der Waals surface area contributed by atoms with E-state index in [0.717, 1.165) is 19.3 Å². The first-order chi connectivity index (χ1) is 9.99. The number of allylic oxidation sites excluding steroid dienone is 2. The number of fused-ring (bicyclic) bond motifs is 2. The minimum Gasteiger partial charge on any atom is -0.481 e. The zero-order valence-corrected chi connectivity index (χ0v) is 12.8. The second-order valence-corrected chi connectivity index (χ2v) is 7.22. The van der Waals surface area contributed by atoms with E-state index in [9.17, 15) is 14.7 Å². The molecule has 0 aromatic heterocycles. The largest absolute Gasteiger partial charge is 0.481 e. The van der Waals surface area contributed by atoms with Gasteiger partial charge in [-0.15, -0.1) is 0 Å². The van der Waals surface area contributed by atoms with Crippen LogP contribution in [0.25, 0.3) is 0 Å². The fourth-order valence-corrected chi connectivity index (χ4v) is 4.58. The Bertz CT molecular complexity index is 473. The number of rotatable bonds is 3. The maximum absolute atomic E-state index is 12.7. The average Bonchev–Trinajstić information content (AvgIpc) is 3.04. The van der Waals surface area contributed by atoms with Crippen LogP contribution < -0.4 is 5.32 Å². The molecule has 0 saturated heterocycles. The summed E-state index contributed by atoms with van der Waals surface area (Å²) >= 11 is 0. The average molecular weight is 291 g/mol. The summed E-state index contributed by atoms with van der Waals surface area (Å²) < 4.78 is 0. The van der Waals surface area contributed by atoms with Gasteiger partial charge in [-0.2, -0.15) is 0 Å². The number of amides is 1. The van der Waals surface area contributed by atoms with Crippen molar-refractivity contribution < 1.29 is 14.7 Å². The van der Waals surface area contributed by atoms with Gasteiger partial charge in [0.2, 0.25) is 5.91 Å². The Kier molecular flexibility index (Phi) is 3.80. The summed E-state index contributed by atoms with van der Waals surface area (Å²) in [6.07, 6.45) is 8.24. The number of carboxylic acids is 1. The summed E-state index contributed by atoms with van der Waals surface area (Å²) in [7, 11) is 0. The van der Waals surface area contributed by atoms with E-state index in [-0.39, 0.29) is 29.7 Å². The van der Waals surface area contributed by atoms with Gasteiger partial charge in [-0.25, -0.2) is 0 Å². The number of carbonyl (C=O) groups is 2. The molecule has 0 radical (unpaired) electrons. The van der Waals surface area contributed by atoms with E-state index in [1.807, 2.05) is 12.2 Å². The minimum atomic E-state index is -0.822. The summed E-state index contributed by atoms with van der Waals surface area (Å²) in [5.74, 6) is -0.502. The maximum Gasteiger partial charge on any atom is 0.307 e. The Morgan fingerprint density at radius 3 is 2.43 bits per heavy atom. The molecule has 7 atom stereocenters. The van der Waals surface area contributed by atoms with Crippen LogP contribution in [0.1, 0.15) is 39.5 Å². The van der Waals surface area contributed by atoms with Crippen LogP contribution in [0.5, 0.6) is 0 Å². The van der Waals surface area contributed by atoms with Crippen molar-refractivity contribution in [1.29, 1.82) is 0 Å². The first-order valence-corrected chi connectivity index (χ1v) is 8.20. The van der Waals surface area contributed by atoms with Crippen LogP contribution in [0.4, 0.5) is 0 Å². The van der Waals surface area contributed by atoms with E-state index in [4.69, 9.17) is 0 Å². The van der Waals surface area contributed by atoms with Crippen molar-refractivity contribution in [3.8, 4) is 0 Å². The van der Waals surface area contributed by atoms with Gasteiger partial charge >= 0.3 is 5.97 Å². The van der Waals surface area contributed by atoms with Gasteiger partial charge in [-0.1, -0.05) is 38.8 Å². The second kappa shape index (κ2) is 5.47. The highest BCUT2D eigenvalue weighted by molar-refractivity contribution is 5.87. The zero-order chi connectivity index (χ0) is 15.1. The van der Waals surface area contributed by atoms with Gasteiger partial charge in [0, 0.05) is 6.04 Å². The van der Waals surface area contributed by atoms with Crippen LogP contribution >= 0.6 is 0 Å². The van der Waals surface area contributed by atoms with E-state index in [1.165, 1.54) is 6.42 Å². The van der Waals surface area contributed by atoms with Crippen LogP contribution in [-0.4, -0.2) is 23.0 Å². The van der Waals surface area contributed by atoms with Crippen LogP contribution in [-0.2, 0) is 9.59 Å². The van der Waals surface area contributed by atoms with Gasteiger partial charge in [-0.05, 0) is 36.5 Å². The molecule has 2 bridgehead atoms. The molecular formula is C17H25NO3. The molecule has 0 spiro atoms. The molecule has 4 nitrogen and oxygen atoms in total. The third kappa shape index (κ3) is 2.49. The quantitative estimate of drug-likeness (QED) is 0.785. The summed E-state index contributed by atoms with van der Waals surface area (Å²) in [4.78, 5) is 24.2. The van der Waals surface area contributed by atoms with Crippen LogP contribution in [0, 0.1) is 35.5 Å². The summed E-state index contributed by atoms with van der Waals surface area (Å²) in [6, 6.07) is 0.207. The predicted octanol–water partition coefficient (Wildman–Crippen LogP) is 2.45. The third-order valence-electron chi connectivity index (χ3n) is 6.08. The number of hydrogen-bond donors (Lipinski definition) is 2. The standard InChI is InChI=1S/C17H25NO3/c1-9-4-3-5-13(10(9)2)18-16(19)14-11-6-7-12(8-11)15(14)17(20)21/h6-7,9-15H,3-5,8H2,1-2H3,(H,18,19)(H,20,21). The van der Waals surface area contributed by atoms with Crippen LogP contribution in [0.15, 0.2) is 12.2 Å². The van der Waals surface area contributed by atoms with Gasteiger partial charge in [0.1, 0.15) is 0 Å².